The Kier molecular flexibility index (Phi) is 7.01. The molecule has 0 unspecified atom stereocenters. The average molecular weight is 304 g/mol. The third kappa shape index (κ3) is 6.38. The molecule has 1 fully saturated rings. The molecule has 3 atom stereocenters. The number of carboxylic acids is 1. The van der Waals surface area contributed by atoms with Gasteiger partial charge in [-0.1, -0.05) is 0 Å². The number of Topliss-reactive ketones (excluding diaryl/α,β-unsaturated/α-hetero) is 1. The average Bonchev–Trinajstić information content (AvgIpc) is 2.38. The number of thioether (sulfide) groups is 1. The van der Waals surface area contributed by atoms with Crippen LogP contribution >= 0.6 is 11.8 Å². The largest absolute Gasteiger partial charge is 0.479 e. The molecule has 1 aliphatic rings. The lowest BCUT2D eigenvalue weighted by molar-refractivity contribution is -0.149. The van der Waals surface area contributed by atoms with Crippen molar-refractivity contribution < 1.29 is 29.3 Å². The molecule has 0 aromatic carbocycles. The van der Waals surface area contributed by atoms with Gasteiger partial charge in [-0.15, -0.1) is 0 Å². The monoisotopic (exact) mass is 304 g/mol. The summed E-state index contributed by atoms with van der Waals surface area (Å²) in [4.78, 5) is 33.9. The van der Waals surface area contributed by atoms with Crippen molar-refractivity contribution in [2.24, 2.45) is 0 Å². The van der Waals surface area contributed by atoms with E-state index in [9.17, 15) is 19.5 Å². The maximum Gasteiger partial charge on any atom is 0.333 e. The maximum absolute atomic E-state index is 11.8. The molecule has 6 nitrogen and oxygen atoms in total. The standard InChI is InChI=1S/C13H20O6S/c1-8-2-3-9(14)6-10(4-5-12(16)19-8)20-7-11(15)13(17)18/h8,10-11,15H,2-7H2,1H3,(H,17,18)/t8-,10-,11-/m1/s1. The van der Waals surface area contributed by atoms with Gasteiger partial charge in [0.25, 0.3) is 0 Å². The molecule has 0 aliphatic carbocycles. The summed E-state index contributed by atoms with van der Waals surface area (Å²) in [5.41, 5.74) is 0. The van der Waals surface area contributed by atoms with Crippen LogP contribution in [0.4, 0.5) is 0 Å². The number of hydrogen-bond acceptors (Lipinski definition) is 6. The van der Waals surface area contributed by atoms with Crippen LogP contribution in [0.15, 0.2) is 0 Å². The Morgan fingerprint density at radius 2 is 2.10 bits per heavy atom. The van der Waals surface area contributed by atoms with Crippen LogP contribution in [0.2, 0.25) is 0 Å². The molecule has 1 aliphatic heterocycles. The van der Waals surface area contributed by atoms with Gasteiger partial charge in [0, 0.05) is 30.3 Å². The van der Waals surface area contributed by atoms with Gasteiger partial charge in [-0.3, -0.25) is 9.59 Å². The molecule has 0 aromatic heterocycles. The Morgan fingerprint density at radius 1 is 1.40 bits per heavy atom. The van der Waals surface area contributed by atoms with Crippen molar-refractivity contribution in [3.05, 3.63) is 0 Å². The van der Waals surface area contributed by atoms with E-state index in [1.54, 1.807) is 6.92 Å². The molecule has 7 heteroatoms. The minimum atomic E-state index is -1.45. The second kappa shape index (κ2) is 8.26. The first-order valence-electron chi connectivity index (χ1n) is 6.62. The van der Waals surface area contributed by atoms with Crippen molar-refractivity contribution in [2.45, 2.75) is 56.5 Å². The van der Waals surface area contributed by atoms with Crippen molar-refractivity contribution in [3.63, 3.8) is 0 Å². The summed E-state index contributed by atoms with van der Waals surface area (Å²) in [6.07, 6.45) is 0.137. The first-order valence-corrected chi connectivity index (χ1v) is 7.67. The zero-order chi connectivity index (χ0) is 15.1. The molecule has 0 aromatic rings. The summed E-state index contributed by atoms with van der Waals surface area (Å²) in [6.45, 7) is 1.77. The lowest BCUT2D eigenvalue weighted by Gasteiger charge is -2.20. The summed E-state index contributed by atoms with van der Waals surface area (Å²) in [7, 11) is 0. The van der Waals surface area contributed by atoms with Gasteiger partial charge in [0.1, 0.15) is 5.78 Å². The lowest BCUT2D eigenvalue weighted by Crippen LogP contribution is -2.25. The van der Waals surface area contributed by atoms with E-state index in [2.05, 4.69) is 0 Å². The highest BCUT2D eigenvalue weighted by atomic mass is 32.2. The molecule has 0 radical (unpaired) electrons. The number of ketones is 1. The zero-order valence-corrected chi connectivity index (χ0v) is 12.2. The van der Waals surface area contributed by atoms with Crippen LogP contribution in [0.1, 0.15) is 39.0 Å². The molecule has 0 bridgehead atoms. The molecule has 0 spiro atoms. The molecular weight excluding hydrogens is 284 g/mol. The van der Waals surface area contributed by atoms with E-state index >= 15 is 0 Å². The van der Waals surface area contributed by atoms with E-state index in [0.717, 1.165) is 0 Å². The number of aliphatic carboxylic acids is 1. The second-order valence-electron chi connectivity index (χ2n) is 4.93. The molecule has 0 amide bonds. The predicted molar refractivity (Wildman–Crippen MR) is 73.5 cm³/mol. The van der Waals surface area contributed by atoms with Gasteiger partial charge >= 0.3 is 11.9 Å². The van der Waals surface area contributed by atoms with Crippen LogP contribution in [0.25, 0.3) is 0 Å². The Bertz CT molecular complexity index is 370. The van der Waals surface area contributed by atoms with Crippen LogP contribution in [-0.2, 0) is 19.1 Å². The number of esters is 1. The molecule has 1 saturated heterocycles. The Balaban J connectivity index is 2.53. The molecule has 114 valence electrons. The number of hydrogen-bond donors (Lipinski definition) is 2. The smallest absolute Gasteiger partial charge is 0.333 e. The zero-order valence-electron chi connectivity index (χ0n) is 11.4. The van der Waals surface area contributed by atoms with Crippen molar-refractivity contribution >= 4 is 29.5 Å². The van der Waals surface area contributed by atoms with Gasteiger partial charge in [0.15, 0.2) is 6.10 Å². The summed E-state index contributed by atoms with van der Waals surface area (Å²) < 4.78 is 5.14. The third-order valence-corrected chi connectivity index (χ3v) is 4.44. The van der Waals surface area contributed by atoms with Gasteiger partial charge in [-0.2, -0.15) is 11.8 Å². The molecule has 0 saturated carbocycles. The maximum atomic E-state index is 11.8. The Morgan fingerprint density at radius 3 is 2.75 bits per heavy atom. The first-order chi connectivity index (χ1) is 9.38. The second-order valence-corrected chi connectivity index (χ2v) is 6.26. The van der Waals surface area contributed by atoms with Crippen LogP contribution in [0.5, 0.6) is 0 Å². The van der Waals surface area contributed by atoms with Gasteiger partial charge in [-0.25, -0.2) is 4.79 Å². The van der Waals surface area contributed by atoms with E-state index in [4.69, 9.17) is 9.84 Å². The minimum Gasteiger partial charge on any atom is -0.479 e. The molecule has 1 heterocycles. The van der Waals surface area contributed by atoms with Crippen LogP contribution in [0.3, 0.4) is 0 Å². The molecule has 2 N–H and O–H groups in total. The van der Waals surface area contributed by atoms with Gasteiger partial charge < -0.3 is 14.9 Å². The highest BCUT2D eigenvalue weighted by Crippen LogP contribution is 2.24. The van der Waals surface area contributed by atoms with Gasteiger partial charge in [0.05, 0.1) is 6.10 Å². The summed E-state index contributed by atoms with van der Waals surface area (Å²) >= 11 is 1.22. The van der Waals surface area contributed by atoms with Crippen molar-refractivity contribution in [2.75, 3.05) is 5.75 Å². The SMILES string of the molecule is C[C@@H]1CCC(=O)C[C@H](SC[C@@H](O)C(=O)O)CCC(=O)O1. The Hall–Kier alpha value is -1.08. The third-order valence-electron chi connectivity index (χ3n) is 3.06. The number of carbonyl (C=O) groups excluding carboxylic acids is 2. The minimum absolute atomic E-state index is 0.0126. The fraction of sp³-hybridized carbons (Fsp3) is 0.769. The fourth-order valence-corrected chi connectivity index (χ4v) is 3.07. The molecular formula is C13H20O6S. The van der Waals surface area contributed by atoms with E-state index in [0.29, 0.717) is 25.7 Å². The van der Waals surface area contributed by atoms with E-state index in [-0.39, 0.29) is 35.3 Å². The van der Waals surface area contributed by atoms with E-state index in [1.807, 2.05) is 0 Å². The highest BCUT2D eigenvalue weighted by Gasteiger charge is 2.23. The number of rotatable bonds is 4. The van der Waals surface area contributed by atoms with Crippen molar-refractivity contribution in [3.8, 4) is 0 Å². The van der Waals surface area contributed by atoms with Crippen LogP contribution in [-0.4, -0.2) is 51.1 Å². The van der Waals surface area contributed by atoms with Crippen LogP contribution in [0, 0.1) is 0 Å². The predicted octanol–water partition coefficient (Wildman–Crippen LogP) is 0.999. The lowest BCUT2D eigenvalue weighted by atomic mass is 10.0. The number of ether oxygens (including phenoxy) is 1. The van der Waals surface area contributed by atoms with Crippen LogP contribution < -0.4 is 0 Å². The summed E-state index contributed by atoms with van der Waals surface area (Å²) in [6, 6.07) is 0. The van der Waals surface area contributed by atoms with E-state index in [1.165, 1.54) is 11.8 Å². The number of aliphatic hydroxyl groups is 1. The quantitative estimate of drug-likeness (QED) is 0.747. The summed E-state index contributed by atoms with van der Waals surface area (Å²) in [5, 5.41) is 17.7. The Labute approximate surface area is 121 Å². The number of carbonyl (C=O) groups is 3. The first kappa shape index (κ1) is 17.0. The van der Waals surface area contributed by atoms with Crippen molar-refractivity contribution in [1.82, 2.24) is 0 Å². The number of aliphatic hydroxyl groups excluding tert-OH is 1. The normalized spacial score (nSPS) is 26.7. The fourth-order valence-electron chi connectivity index (χ4n) is 1.88. The highest BCUT2D eigenvalue weighted by molar-refractivity contribution is 8.00. The van der Waals surface area contributed by atoms with Gasteiger partial charge in [0.2, 0.25) is 0 Å². The van der Waals surface area contributed by atoms with Crippen molar-refractivity contribution in [1.29, 1.82) is 0 Å². The molecule has 1 rings (SSSR count). The van der Waals surface area contributed by atoms with Gasteiger partial charge in [-0.05, 0) is 19.8 Å². The number of carboxylic acid groups (broad SMARTS) is 1. The van der Waals surface area contributed by atoms with E-state index < -0.39 is 12.1 Å². The summed E-state index contributed by atoms with van der Waals surface area (Å²) in [5.74, 6) is -1.48. The number of cyclic esters (lactones) is 1. The topological polar surface area (TPSA) is 101 Å². The molecule has 20 heavy (non-hydrogen) atoms.